The van der Waals surface area contributed by atoms with E-state index >= 15 is 0 Å². The molecule has 0 radical (unpaired) electrons. The molecule has 2 heterocycles. The first-order valence-electron chi connectivity index (χ1n) is 7.98. The van der Waals surface area contributed by atoms with Gasteiger partial charge < -0.3 is 24.4 Å². The van der Waals surface area contributed by atoms with Crippen LogP contribution in [0.4, 0.5) is 16.2 Å². The maximum atomic E-state index is 12.4. The number of carbonyl (C=O) groups excluding carboxylic acids is 3. The molecule has 2 aliphatic rings. The average Bonchev–Trinajstić information content (AvgIpc) is 3.11. The van der Waals surface area contributed by atoms with E-state index in [1.54, 1.807) is 29.2 Å². The minimum absolute atomic E-state index is 0.0252. The van der Waals surface area contributed by atoms with Gasteiger partial charge in [-0.3, -0.25) is 4.90 Å². The number of ether oxygens (including phenoxy) is 3. The summed E-state index contributed by atoms with van der Waals surface area (Å²) in [7, 11) is 2.46. The number of rotatable bonds is 4. The Hall–Kier alpha value is -3.07. The highest BCUT2D eigenvalue weighted by Gasteiger charge is 2.35. The van der Waals surface area contributed by atoms with Gasteiger partial charge in [0, 0.05) is 13.1 Å². The Morgan fingerprint density at radius 2 is 1.73 bits per heavy atom. The van der Waals surface area contributed by atoms with Crippen molar-refractivity contribution in [3.63, 3.8) is 0 Å². The van der Waals surface area contributed by atoms with Gasteiger partial charge in [-0.15, -0.1) is 0 Å². The molecule has 2 amide bonds. The lowest BCUT2D eigenvalue weighted by atomic mass is 10.1. The topological polar surface area (TPSA) is 97.4 Å². The highest BCUT2D eigenvalue weighted by molar-refractivity contribution is 6.05. The first-order chi connectivity index (χ1) is 12.6. The van der Waals surface area contributed by atoms with Gasteiger partial charge in [0.05, 0.1) is 37.8 Å². The molecule has 0 aromatic heterocycles. The van der Waals surface area contributed by atoms with E-state index in [0.29, 0.717) is 24.5 Å². The first kappa shape index (κ1) is 17.7. The summed E-state index contributed by atoms with van der Waals surface area (Å²) in [6, 6.07) is 6.84. The van der Waals surface area contributed by atoms with Crippen LogP contribution in [-0.2, 0) is 23.8 Å². The summed E-state index contributed by atoms with van der Waals surface area (Å²) in [4.78, 5) is 39.7. The van der Waals surface area contributed by atoms with Gasteiger partial charge in [0.25, 0.3) is 0 Å². The van der Waals surface area contributed by atoms with E-state index in [-0.39, 0.29) is 30.6 Å². The van der Waals surface area contributed by atoms with E-state index in [9.17, 15) is 14.4 Å². The Morgan fingerprint density at radius 1 is 1.08 bits per heavy atom. The normalized spacial score (nSPS) is 17.2. The fraction of sp³-hybridized carbons (Fsp3) is 0.353. The van der Waals surface area contributed by atoms with Crippen molar-refractivity contribution in [1.82, 2.24) is 5.32 Å². The van der Waals surface area contributed by atoms with E-state index in [2.05, 4.69) is 5.32 Å². The molecule has 1 aromatic rings. The maximum Gasteiger partial charge on any atom is 0.355 e. The van der Waals surface area contributed by atoms with Crippen LogP contribution in [0, 0.1) is 0 Å². The van der Waals surface area contributed by atoms with Crippen LogP contribution in [0.25, 0.3) is 0 Å². The third kappa shape index (κ3) is 3.08. The van der Waals surface area contributed by atoms with Crippen LogP contribution in [0.1, 0.15) is 0 Å². The monoisotopic (exact) mass is 361 g/mol. The molecule has 26 heavy (non-hydrogen) atoms. The van der Waals surface area contributed by atoms with Crippen LogP contribution in [0.2, 0.25) is 0 Å². The molecule has 0 aliphatic carbocycles. The molecule has 1 aromatic carbocycles. The minimum atomic E-state index is -0.686. The highest BCUT2D eigenvalue weighted by atomic mass is 16.5. The van der Waals surface area contributed by atoms with E-state index in [4.69, 9.17) is 14.2 Å². The second kappa shape index (κ2) is 7.44. The van der Waals surface area contributed by atoms with Gasteiger partial charge in [0.1, 0.15) is 12.4 Å². The fourth-order valence-electron chi connectivity index (χ4n) is 2.96. The molecule has 0 spiro atoms. The summed E-state index contributed by atoms with van der Waals surface area (Å²) in [5.41, 5.74) is 1.24. The predicted octanol–water partition coefficient (Wildman–Crippen LogP) is 0.610. The van der Waals surface area contributed by atoms with Gasteiger partial charge in [0.2, 0.25) is 0 Å². The van der Waals surface area contributed by atoms with Crippen molar-refractivity contribution in [2.75, 3.05) is 50.4 Å². The second-order valence-corrected chi connectivity index (χ2v) is 5.59. The number of nitrogens with zero attached hydrogens (tertiary/aromatic N) is 2. The Bertz CT molecular complexity index is 776. The number of methoxy groups -OCH3 is 2. The number of urea groups is 1. The molecule has 0 saturated carbocycles. The van der Waals surface area contributed by atoms with E-state index < -0.39 is 11.9 Å². The molecular weight excluding hydrogens is 342 g/mol. The number of para-hydroxylation sites is 2. The van der Waals surface area contributed by atoms with Crippen LogP contribution >= 0.6 is 0 Å². The molecule has 2 aliphatic heterocycles. The Labute approximate surface area is 150 Å². The number of hydrogen-bond donors (Lipinski definition) is 1. The summed E-state index contributed by atoms with van der Waals surface area (Å²) in [5, 5.41) is 2.74. The van der Waals surface area contributed by atoms with Crippen molar-refractivity contribution in [3.05, 3.63) is 35.5 Å². The summed E-state index contributed by atoms with van der Waals surface area (Å²) in [6.07, 6.45) is 0. The smallest absolute Gasteiger partial charge is 0.355 e. The summed E-state index contributed by atoms with van der Waals surface area (Å²) in [5.74, 6) is -1.36. The molecule has 138 valence electrons. The van der Waals surface area contributed by atoms with Gasteiger partial charge in [-0.2, -0.15) is 0 Å². The third-order valence-electron chi connectivity index (χ3n) is 4.15. The van der Waals surface area contributed by atoms with Gasteiger partial charge in [-0.05, 0) is 12.1 Å². The van der Waals surface area contributed by atoms with Gasteiger partial charge >= 0.3 is 18.0 Å². The number of carbonyl (C=O) groups is 3. The molecule has 9 heteroatoms. The molecule has 1 fully saturated rings. The van der Waals surface area contributed by atoms with Crippen LogP contribution in [0.15, 0.2) is 35.5 Å². The highest BCUT2D eigenvalue weighted by Crippen LogP contribution is 2.35. The van der Waals surface area contributed by atoms with Crippen molar-refractivity contribution in [2.24, 2.45) is 0 Å². The van der Waals surface area contributed by atoms with Crippen molar-refractivity contribution in [2.45, 2.75) is 0 Å². The van der Waals surface area contributed by atoms with Crippen LogP contribution < -0.4 is 15.1 Å². The third-order valence-corrected chi connectivity index (χ3v) is 4.15. The Balaban J connectivity index is 2.11. The van der Waals surface area contributed by atoms with Crippen molar-refractivity contribution < 1.29 is 28.6 Å². The zero-order chi connectivity index (χ0) is 18.7. The molecule has 3 rings (SSSR count). The Morgan fingerprint density at radius 3 is 2.31 bits per heavy atom. The van der Waals surface area contributed by atoms with Gasteiger partial charge in [-0.1, -0.05) is 12.1 Å². The van der Waals surface area contributed by atoms with Crippen LogP contribution in [0.3, 0.4) is 0 Å². The van der Waals surface area contributed by atoms with Gasteiger partial charge in [0.15, 0.2) is 0 Å². The number of anilines is 2. The maximum absolute atomic E-state index is 12.4. The van der Waals surface area contributed by atoms with E-state index in [1.165, 1.54) is 19.1 Å². The summed E-state index contributed by atoms with van der Waals surface area (Å²) >= 11 is 0. The molecule has 0 bridgehead atoms. The zero-order valence-electron chi connectivity index (χ0n) is 14.5. The standard InChI is InChI=1S/C17H19N3O6/c1-24-15(21)11-9-26-10-20(14(11)16(22)25-2)13-6-4-3-5-12(13)19-8-7-18-17(19)23/h3-6H,7-10H2,1-2H3,(H,18,23). The van der Waals surface area contributed by atoms with E-state index in [0.717, 1.165) is 0 Å². The van der Waals surface area contributed by atoms with Crippen LogP contribution in [0.5, 0.6) is 0 Å². The number of benzene rings is 1. The molecule has 9 nitrogen and oxygen atoms in total. The average molecular weight is 361 g/mol. The zero-order valence-corrected chi connectivity index (χ0v) is 14.5. The number of nitrogens with one attached hydrogen (secondary N) is 1. The van der Waals surface area contributed by atoms with Crippen molar-refractivity contribution in [1.29, 1.82) is 0 Å². The van der Waals surface area contributed by atoms with E-state index in [1.807, 2.05) is 0 Å². The fourth-order valence-corrected chi connectivity index (χ4v) is 2.96. The SMILES string of the molecule is COC(=O)C1=C(C(=O)OC)N(c2ccccc2N2CCNC2=O)COC1. The number of amides is 2. The molecule has 1 saturated heterocycles. The number of hydrogen-bond acceptors (Lipinski definition) is 7. The quantitative estimate of drug-likeness (QED) is 0.785. The van der Waals surface area contributed by atoms with Crippen molar-refractivity contribution in [3.8, 4) is 0 Å². The summed E-state index contributed by atoms with van der Waals surface area (Å²) < 4.78 is 15.1. The molecule has 0 atom stereocenters. The predicted molar refractivity (Wildman–Crippen MR) is 91.5 cm³/mol. The molecule has 1 N–H and O–H groups in total. The molecule has 0 unspecified atom stereocenters. The minimum Gasteiger partial charge on any atom is -0.466 e. The second-order valence-electron chi connectivity index (χ2n) is 5.59. The lowest BCUT2D eigenvalue weighted by Gasteiger charge is -2.33. The molecular formula is C17H19N3O6. The van der Waals surface area contributed by atoms with Crippen LogP contribution in [-0.4, -0.2) is 58.6 Å². The van der Waals surface area contributed by atoms with Gasteiger partial charge in [-0.25, -0.2) is 14.4 Å². The largest absolute Gasteiger partial charge is 0.466 e. The first-order valence-corrected chi connectivity index (χ1v) is 7.98. The summed E-state index contributed by atoms with van der Waals surface area (Å²) in [6.45, 7) is 0.972. The van der Waals surface area contributed by atoms with Crippen molar-refractivity contribution >= 4 is 29.3 Å². The number of esters is 2. The lowest BCUT2D eigenvalue weighted by Crippen LogP contribution is -2.40. The lowest BCUT2D eigenvalue weighted by molar-refractivity contribution is -0.140. The Kier molecular flexibility index (Phi) is 5.08.